The molecule has 0 aliphatic carbocycles. The summed E-state index contributed by atoms with van der Waals surface area (Å²) in [5, 5.41) is 0. The Morgan fingerprint density at radius 3 is 1.62 bits per heavy atom. The van der Waals surface area contributed by atoms with E-state index in [1.807, 2.05) is 0 Å². The SMILES string of the molecule is CCCCCCCCC(C(C)(C)C)C(C)(OCC)OCC. The third-order valence-electron chi connectivity index (χ3n) is 4.39. The number of ether oxygens (including phenoxy) is 2. The molecule has 0 heterocycles. The van der Waals surface area contributed by atoms with Crippen molar-refractivity contribution in [2.24, 2.45) is 11.3 Å². The maximum atomic E-state index is 6.03. The van der Waals surface area contributed by atoms with Crippen molar-refractivity contribution in [2.45, 2.75) is 99.2 Å². The van der Waals surface area contributed by atoms with E-state index < -0.39 is 5.79 Å². The summed E-state index contributed by atoms with van der Waals surface area (Å²) in [5.41, 5.74) is 0.197. The number of hydrogen-bond donors (Lipinski definition) is 0. The predicted molar refractivity (Wildman–Crippen MR) is 92.6 cm³/mol. The Bertz CT molecular complexity index is 236. The van der Waals surface area contributed by atoms with Crippen molar-refractivity contribution in [3.63, 3.8) is 0 Å². The van der Waals surface area contributed by atoms with Gasteiger partial charge in [-0.15, -0.1) is 0 Å². The van der Waals surface area contributed by atoms with Gasteiger partial charge in [0.05, 0.1) is 0 Å². The molecule has 0 aliphatic rings. The molecule has 0 fully saturated rings. The quantitative estimate of drug-likeness (QED) is 0.316. The first-order valence-corrected chi connectivity index (χ1v) is 9.09. The van der Waals surface area contributed by atoms with Gasteiger partial charge >= 0.3 is 0 Å². The van der Waals surface area contributed by atoms with Crippen LogP contribution in [0.3, 0.4) is 0 Å². The molecule has 21 heavy (non-hydrogen) atoms. The van der Waals surface area contributed by atoms with E-state index in [-0.39, 0.29) is 5.41 Å². The first-order chi connectivity index (χ1) is 9.81. The molecule has 128 valence electrons. The lowest BCUT2D eigenvalue weighted by Crippen LogP contribution is -2.46. The van der Waals surface area contributed by atoms with Gasteiger partial charge < -0.3 is 9.47 Å². The molecule has 2 heteroatoms. The Morgan fingerprint density at radius 1 is 0.714 bits per heavy atom. The molecule has 2 nitrogen and oxygen atoms in total. The highest BCUT2D eigenvalue weighted by Gasteiger charge is 2.42. The molecule has 0 spiro atoms. The molecule has 0 saturated heterocycles. The van der Waals surface area contributed by atoms with Crippen LogP contribution in [0.1, 0.15) is 93.4 Å². The fourth-order valence-corrected chi connectivity index (χ4v) is 3.43. The second-order valence-electron chi connectivity index (χ2n) is 7.36. The first-order valence-electron chi connectivity index (χ1n) is 9.09. The van der Waals surface area contributed by atoms with Crippen LogP contribution >= 0.6 is 0 Å². The summed E-state index contributed by atoms with van der Waals surface area (Å²) in [6.07, 6.45) is 9.24. The van der Waals surface area contributed by atoms with Crippen molar-refractivity contribution in [1.29, 1.82) is 0 Å². The van der Waals surface area contributed by atoms with Gasteiger partial charge in [-0.2, -0.15) is 0 Å². The Hall–Kier alpha value is -0.0800. The lowest BCUT2D eigenvalue weighted by atomic mass is 9.73. The van der Waals surface area contributed by atoms with E-state index in [2.05, 4.69) is 48.5 Å². The van der Waals surface area contributed by atoms with Crippen molar-refractivity contribution in [3.8, 4) is 0 Å². The van der Waals surface area contributed by atoms with Crippen LogP contribution in [0.15, 0.2) is 0 Å². The molecule has 0 N–H and O–H groups in total. The predicted octanol–water partition coefficient (Wildman–Crippen LogP) is 6.19. The van der Waals surface area contributed by atoms with Crippen molar-refractivity contribution in [3.05, 3.63) is 0 Å². The lowest BCUT2D eigenvalue weighted by Gasteiger charge is -2.44. The second-order valence-corrected chi connectivity index (χ2v) is 7.36. The fraction of sp³-hybridized carbons (Fsp3) is 1.00. The largest absolute Gasteiger partial charge is 0.350 e. The topological polar surface area (TPSA) is 18.5 Å². The van der Waals surface area contributed by atoms with Gasteiger partial charge in [0.25, 0.3) is 0 Å². The molecule has 0 saturated carbocycles. The van der Waals surface area contributed by atoms with Crippen LogP contribution in [0.5, 0.6) is 0 Å². The van der Waals surface area contributed by atoms with E-state index in [1.54, 1.807) is 0 Å². The molecule has 0 aliphatic heterocycles. The molecule has 0 aromatic heterocycles. The summed E-state index contributed by atoms with van der Waals surface area (Å²) in [6, 6.07) is 0. The maximum Gasteiger partial charge on any atom is 0.168 e. The average molecular weight is 301 g/mol. The summed E-state index contributed by atoms with van der Waals surface area (Å²) in [7, 11) is 0. The van der Waals surface area contributed by atoms with Crippen molar-refractivity contribution in [2.75, 3.05) is 13.2 Å². The van der Waals surface area contributed by atoms with Crippen LogP contribution in [0, 0.1) is 11.3 Å². The molecule has 1 atom stereocenters. The normalized spacial score (nSPS) is 14.4. The summed E-state index contributed by atoms with van der Waals surface area (Å²) in [5.74, 6) is -0.0263. The minimum absolute atomic E-state index is 0.197. The van der Waals surface area contributed by atoms with Crippen LogP contribution in [0.4, 0.5) is 0 Å². The zero-order chi connectivity index (χ0) is 16.4. The van der Waals surface area contributed by atoms with Crippen molar-refractivity contribution >= 4 is 0 Å². The van der Waals surface area contributed by atoms with Crippen LogP contribution in [-0.4, -0.2) is 19.0 Å². The van der Waals surface area contributed by atoms with E-state index in [0.717, 1.165) is 0 Å². The minimum atomic E-state index is -0.453. The van der Waals surface area contributed by atoms with E-state index in [4.69, 9.17) is 9.47 Å². The van der Waals surface area contributed by atoms with Gasteiger partial charge in [0.2, 0.25) is 0 Å². The Balaban J connectivity index is 4.56. The molecule has 0 aromatic carbocycles. The zero-order valence-corrected chi connectivity index (χ0v) is 15.8. The summed E-state index contributed by atoms with van der Waals surface area (Å²) < 4.78 is 12.1. The maximum absolute atomic E-state index is 6.03. The Morgan fingerprint density at radius 2 is 1.19 bits per heavy atom. The van der Waals surface area contributed by atoms with E-state index in [9.17, 15) is 0 Å². The van der Waals surface area contributed by atoms with Gasteiger partial charge in [0.15, 0.2) is 5.79 Å². The molecule has 0 aromatic rings. The van der Waals surface area contributed by atoms with Crippen LogP contribution in [0.25, 0.3) is 0 Å². The smallest absolute Gasteiger partial charge is 0.168 e. The molecule has 0 bridgehead atoms. The fourth-order valence-electron chi connectivity index (χ4n) is 3.43. The summed E-state index contributed by atoms with van der Waals surface area (Å²) >= 11 is 0. The number of hydrogen-bond acceptors (Lipinski definition) is 2. The second kappa shape index (κ2) is 10.6. The molecule has 0 rings (SSSR count). The Kier molecular flexibility index (Phi) is 10.6. The number of unbranched alkanes of at least 4 members (excludes halogenated alkanes) is 5. The van der Waals surface area contributed by atoms with Gasteiger partial charge in [-0.25, -0.2) is 0 Å². The van der Waals surface area contributed by atoms with Crippen molar-refractivity contribution in [1.82, 2.24) is 0 Å². The highest BCUT2D eigenvalue weighted by molar-refractivity contribution is 4.85. The van der Waals surface area contributed by atoms with E-state index >= 15 is 0 Å². The summed E-state index contributed by atoms with van der Waals surface area (Å²) in [4.78, 5) is 0. The van der Waals surface area contributed by atoms with Gasteiger partial charge in [-0.3, -0.25) is 0 Å². The highest BCUT2D eigenvalue weighted by Crippen LogP contribution is 2.41. The third-order valence-corrected chi connectivity index (χ3v) is 4.39. The molecular weight excluding hydrogens is 260 g/mol. The monoisotopic (exact) mass is 300 g/mol. The van der Waals surface area contributed by atoms with Gasteiger partial charge in [-0.1, -0.05) is 66.2 Å². The molecule has 0 radical (unpaired) electrons. The van der Waals surface area contributed by atoms with Crippen LogP contribution in [-0.2, 0) is 9.47 Å². The minimum Gasteiger partial charge on any atom is -0.350 e. The van der Waals surface area contributed by atoms with E-state index in [0.29, 0.717) is 19.1 Å². The first kappa shape index (κ1) is 20.9. The van der Waals surface area contributed by atoms with E-state index in [1.165, 1.54) is 44.9 Å². The molecule has 0 amide bonds. The summed E-state index contributed by atoms with van der Waals surface area (Å²) in [6.45, 7) is 16.9. The van der Waals surface area contributed by atoms with Crippen molar-refractivity contribution < 1.29 is 9.47 Å². The van der Waals surface area contributed by atoms with Gasteiger partial charge in [-0.05, 0) is 32.6 Å². The van der Waals surface area contributed by atoms with Crippen LogP contribution < -0.4 is 0 Å². The van der Waals surface area contributed by atoms with Gasteiger partial charge in [0.1, 0.15) is 0 Å². The van der Waals surface area contributed by atoms with Gasteiger partial charge in [0, 0.05) is 19.1 Å². The Labute approximate surface area is 134 Å². The standard InChI is InChI=1S/C19H40O2/c1-8-11-12-13-14-15-16-17(18(4,5)6)19(7,20-9-2)21-10-3/h17H,8-16H2,1-7H3. The number of rotatable bonds is 12. The average Bonchev–Trinajstić information content (AvgIpc) is 2.36. The third kappa shape index (κ3) is 8.21. The molecule has 1 unspecified atom stereocenters. The lowest BCUT2D eigenvalue weighted by molar-refractivity contribution is -0.269. The molecular formula is C19H40O2. The highest BCUT2D eigenvalue weighted by atomic mass is 16.7. The van der Waals surface area contributed by atoms with Crippen LogP contribution in [0.2, 0.25) is 0 Å². The zero-order valence-electron chi connectivity index (χ0n) is 15.8.